The summed E-state index contributed by atoms with van der Waals surface area (Å²) in [5.74, 6) is -0.303. The molecule has 0 spiro atoms. The minimum Gasteiger partial charge on any atom is -0.378 e. The highest BCUT2D eigenvalue weighted by molar-refractivity contribution is 9.10. The predicted molar refractivity (Wildman–Crippen MR) is 156 cm³/mol. The number of fused-ring (bicyclic) bond motifs is 3. The van der Waals surface area contributed by atoms with Gasteiger partial charge in [0.05, 0.1) is 23.7 Å². The fourth-order valence-corrected chi connectivity index (χ4v) is 6.46. The first-order chi connectivity index (χ1) is 18.6. The van der Waals surface area contributed by atoms with E-state index in [2.05, 4.69) is 50.0 Å². The van der Waals surface area contributed by atoms with Crippen LogP contribution in [0.3, 0.4) is 0 Å². The van der Waals surface area contributed by atoms with Crippen LogP contribution in [0.1, 0.15) is 42.0 Å². The van der Waals surface area contributed by atoms with E-state index in [1.165, 1.54) is 12.1 Å². The molecule has 0 saturated heterocycles. The number of carbonyl (C=O) groups excluding carboxylic acids is 1. The topological polar surface area (TPSA) is 90.9 Å². The Morgan fingerprint density at radius 2 is 1.92 bits per heavy atom. The van der Waals surface area contributed by atoms with E-state index in [4.69, 9.17) is 0 Å². The van der Waals surface area contributed by atoms with Gasteiger partial charge in [0.2, 0.25) is 10.0 Å². The van der Waals surface area contributed by atoms with Crippen LogP contribution in [0, 0.1) is 11.7 Å². The van der Waals surface area contributed by atoms with E-state index in [0.29, 0.717) is 21.8 Å². The highest BCUT2D eigenvalue weighted by Crippen LogP contribution is 2.50. The molecule has 0 bridgehead atoms. The molecule has 1 amide bonds. The van der Waals surface area contributed by atoms with Crippen molar-refractivity contribution < 1.29 is 17.6 Å². The lowest BCUT2D eigenvalue weighted by Crippen LogP contribution is -2.39. The van der Waals surface area contributed by atoms with Crippen molar-refractivity contribution in [2.75, 3.05) is 22.4 Å². The smallest absolute Gasteiger partial charge is 0.260 e. The molecular weight excluding hydrogens is 583 g/mol. The molecule has 2 N–H and O–H groups in total. The quantitative estimate of drug-likeness (QED) is 0.203. The maximum Gasteiger partial charge on any atom is 0.260 e. The summed E-state index contributed by atoms with van der Waals surface area (Å²) < 4.78 is 40.0. The molecule has 3 unspecified atom stereocenters. The number of amides is 1. The first-order valence-corrected chi connectivity index (χ1v) is 15.1. The minimum absolute atomic E-state index is 0.0704. The van der Waals surface area contributed by atoms with Gasteiger partial charge in [-0.05, 0) is 78.4 Å². The number of rotatable bonds is 7. The van der Waals surface area contributed by atoms with Gasteiger partial charge in [0, 0.05) is 16.1 Å². The zero-order chi connectivity index (χ0) is 27.7. The molecule has 7 nitrogen and oxygen atoms in total. The summed E-state index contributed by atoms with van der Waals surface area (Å²) >= 11 is 3.33. The van der Waals surface area contributed by atoms with Gasteiger partial charge in [-0.25, -0.2) is 18.2 Å². The van der Waals surface area contributed by atoms with Crippen LogP contribution >= 0.6 is 15.9 Å². The zero-order valence-corrected chi connectivity index (χ0v) is 23.8. The number of sulfonamides is 1. The Morgan fingerprint density at radius 3 is 2.64 bits per heavy atom. The Morgan fingerprint density at radius 1 is 1.15 bits per heavy atom. The summed E-state index contributed by atoms with van der Waals surface area (Å²) in [7, 11) is -3.69. The Balaban J connectivity index is 1.33. The van der Waals surface area contributed by atoms with Gasteiger partial charge >= 0.3 is 0 Å². The van der Waals surface area contributed by atoms with Gasteiger partial charge in [-0.1, -0.05) is 52.3 Å². The molecule has 2 aliphatic rings. The number of anilines is 2. The summed E-state index contributed by atoms with van der Waals surface area (Å²) in [4.78, 5) is 12.7. The number of carbonyl (C=O) groups is 1. The van der Waals surface area contributed by atoms with Crippen molar-refractivity contribution in [3.05, 3.63) is 106 Å². The van der Waals surface area contributed by atoms with Gasteiger partial charge in [-0.2, -0.15) is 5.10 Å². The van der Waals surface area contributed by atoms with E-state index in [9.17, 15) is 17.6 Å². The molecule has 1 aliphatic carbocycles. The first-order valence-electron chi connectivity index (χ1n) is 12.5. The molecule has 10 heteroatoms. The van der Waals surface area contributed by atoms with Crippen molar-refractivity contribution in [2.45, 2.75) is 25.3 Å². The second-order valence-corrected chi connectivity index (χ2v) is 12.6. The first kappa shape index (κ1) is 27.1. The van der Waals surface area contributed by atoms with E-state index in [-0.39, 0.29) is 17.8 Å². The molecule has 0 saturated carbocycles. The fraction of sp³-hybridized carbons (Fsp3) is 0.241. The van der Waals surface area contributed by atoms with Crippen molar-refractivity contribution >= 4 is 48.9 Å². The van der Waals surface area contributed by atoms with Crippen LogP contribution in [0.25, 0.3) is 0 Å². The largest absolute Gasteiger partial charge is 0.378 e. The monoisotopic (exact) mass is 610 g/mol. The number of allylic oxidation sites excluding steroid dienone is 2. The number of hydrogen-bond donors (Lipinski definition) is 2. The Hall–Kier alpha value is -3.50. The van der Waals surface area contributed by atoms with Crippen LogP contribution in [-0.4, -0.2) is 32.8 Å². The van der Waals surface area contributed by atoms with E-state index >= 15 is 0 Å². The van der Waals surface area contributed by atoms with Gasteiger partial charge in [-0.15, -0.1) is 0 Å². The van der Waals surface area contributed by atoms with Crippen LogP contribution in [0.2, 0.25) is 0 Å². The van der Waals surface area contributed by atoms with E-state index in [1.54, 1.807) is 31.2 Å². The molecule has 0 radical (unpaired) electrons. The number of benzene rings is 3. The van der Waals surface area contributed by atoms with Crippen molar-refractivity contribution in [2.24, 2.45) is 11.0 Å². The molecule has 0 aromatic heterocycles. The van der Waals surface area contributed by atoms with Gasteiger partial charge < -0.3 is 5.32 Å². The van der Waals surface area contributed by atoms with Crippen LogP contribution < -0.4 is 15.0 Å². The molecule has 1 heterocycles. The average molecular weight is 612 g/mol. The van der Waals surface area contributed by atoms with Gasteiger partial charge in [0.1, 0.15) is 12.4 Å². The second kappa shape index (κ2) is 10.9. The Kier molecular flexibility index (Phi) is 7.59. The van der Waals surface area contributed by atoms with Crippen LogP contribution in [0.5, 0.6) is 0 Å². The van der Waals surface area contributed by atoms with Gasteiger partial charge in [-0.3, -0.25) is 9.10 Å². The Bertz CT molecular complexity index is 1570. The average Bonchev–Trinajstić information content (AvgIpc) is 3.40. The number of halogens is 2. The molecule has 3 aromatic carbocycles. The highest BCUT2D eigenvalue weighted by Gasteiger charge is 2.38. The van der Waals surface area contributed by atoms with Crippen LogP contribution in [0.15, 0.2) is 88.5 Å². The third kappa shape index (κ3) is 5.91. The number of nitrogens with zero attached hydrogens (tertiary/aromatic N) is 2. The number of hydrazone groups is 1. The Labute approximate surface area is 236 Å². The second-order valence-electron chi connectivity index (χ2n) is 9.81. The summed E-state index contributed by atoms with van der Waals surface area (Å²) in [6.45, 7) is 1.39. The molecule has 5 rings (SSSR count). The van der Waals surface area contributed by atoms with Crippen molar-refractivity contribution in [3.8, 4) is 0 Å². The highest BCUT2D eigenvalue weighted by atomic mass is 79.9. The normalized spacial score (nSPS) is 20.1. The third-order valence-electron chi connectivity index (χ3n) is 7.14. The minimum atomic E-state index is -3.69. The molecule has 1 aliphatic heterocycles. The van der Waals surface area contributed by atoms with E-state index in [1.807, 2.05) is 24.3 Å². The maximum atomic E-state index is 13.5. The van der Waals surface area contributed by atoms with Gasteiger partial charge in [0.25, 0.3) is 5.91 Å². The molecule has 3 atom stereocenters. The molecule has 39 heavy (non-hydrogen) atoms. The zero-order valence-electron chi connectivity index (χ0n) is 21.4. The SMILES string of the molecule is CC(=NNC(=O)CN(c1cccc(Br)c1)S(C)(=O)=O)c1ccc2c(c1)C1C=CCC1C(c1ccc(F)cc1)N2. The standard InChI is InChI=1S/C29H28BrFN4O3S/c1-18(33-34-28(36)17-35(39(2,37)38)23-6-3-5-21(30)16-23)20-11-14-27-26(15-20)24-7-4-8-25(24)29(32-27)19-9-12-22(31)13-10-19/h3-7,9-16,24-25,29,32H,8,17H2,1-2H3,(H,34,36). The maximum absolute atomic E-state index is 13.5. The summed E-state index contributed by atoms with van der Waals surface area (Å²) in [6, 6.07) is 19.5. The lowest BCUT2D eigenvalue weighted by atomic mass is 9.76. The van der Waals surface area contributed by atoms with Crippen molar-refractivity contribution in [3.63, 3.8) is 0 Å². The number of nitrogens with one attached hydrogen (secondary N) is 2. The third-order valence-corrected chi connectivity index (χ3v) is 8.78. The van der Waals surface area contributed by atoms with Crippen LogP contribution in [0.4, 0.5) is 15.8 Å². The van der Waals surface area contributed by atoms with Crippen LogP contribution in [-0.2, 0) is 14.8 Å². The summed E-state index contributed by atoms with van der Waals surface area (Å²) in [5, 5.41) is 7.90. The summed E-state index contributed by atoms with van der Waals surface area (Å²) in [5.41, 5.74) is 7.53. The fourth-order valence-electron chi connectivity index (χ4n) is 5.23. The molecular formula is C29H28BrFN4O3S. The summed E-state index contributed by atoms with van der Waals surface area (Å²) in [6.07, 6.45) is 6.39. The lowest BCUT2D eigenvalue weighted by molar-refractivity contribution is -0.119. The predicted octanol–water partition coefficient (Wildman–Crippen LogP) is 5.72. The number of hydrogen-bond acceptors (Lipinski definition) is 5. The molecule has 0 fully saturated rings. The van der Waals surface area contributed by atoms with E-state index in [0.717, 1.165) is 39.4 Å². The van der Waals surface area contributed by atoms with E-state index < -0.39 is 22.5 Å². The molecule has 3 aromatic rings. The molecule has 202 valence electrons. The lowest BCUT2D eigenvalue weighted by Gasteiger charge is -2.37. The van der Waals surface area contributed by atoms with Gasteiger partial charge in [0.15, 0.2) is 0 Å². The van der Waals surface area contributed by atoms with Crippen molar-refractivity contribution in [1.82, 2.24) is 5.43 Å². The van der Waals surface area contributed by atoms with Crippen molar-refractivity contribution in [1.29, 1.82) is 0 Å².